The number of benzene rings is 1. The average Bonchev–Trinajstić information content (AvgIpc) is 3.11. The van der Waals surface area contributed by atoms with Crippen molar-refractivity contribution in [3.05, 3.63) is 71.0 Å². The summed E-state index contributed by atoms with van der Waals surface area (Å²) in [6.45, 7) is 0.857. The topological polar surface area (TPSA) is 94.0 Å². The fourth-order valence-electron chi connectivity index (χ4n) is 3.06. The molecule has 0 spiro atoms. The van der Waals surface area contributed by atoms with Crippen molar-refractivity contribution in [3.8, 4) is 5.69 Å². The van der Waals surface area contributed by atoms with Gasteiger partial charge in [-0.1, -0.05) is 11.6 Å². The van der Waals surface area contributed by atoms with Crippen LogP contribution in [0.3, 0.4) is 0 Å². The van der Waals surface area contributed by atoms with Crippen molar-refractivity contribution in [3.63, 3.8) is 0 Å². The Balaban J connectivity index is 0.000000261. The van der Waals surface area contributed by atoms with Crippen LogP contribution in [-0.2, 0) is 27.2 Å². The smallest absolute Gasteiger partial charge is 0.307 e. The van der Waals surface area contributed by atoms with Crippen LogP contribution in [0.2, 0.25) is 5.15 Å². The maximum Gasteiger partial charge on any atom is 0.433 e. The maximum absolute atomic E-state index is 12.5. The molecule has 0 saturated carbocycles. The van der Waals surface area contributed by atoms with Crippen LogP contribution in [0.1, 0.15) is 24.1 Å². The molecule has 1 saturated heterocycles. The summed E-state index contributed by atoms with van der Waals surface area (Å²) in [6, 6.07) is 6.81. The number of carbonyl (C=O) groups excluding carboxylic acids is 1. The quantitative estimate of drug-likeness (QED) is 0.380. The zero-order valence-electron chi connectivity index (χ0n) is 18.4. The standard InChI is InChI=1S/C15H14ClF3N4O.C7H7FO2S/c16-14-9(1-3-12(24)11-5-6-20-11)8-23(22-14)10-2-4-13(21-7-10)15(17,18)19;1-11(9,10)7-4-2-6(8)3-5-7/h2,4,7-8,11,20H,1,3,5-6H2;2-5H,1H3/t11-;/m0./s1. The molecule has 1 aliphatic rings. The zero-order chi connectivity index (χ0) is 25.8. The normalized spacial score (nSPS) is 15.7. The predicted molar refractivity (Wildman–Crippen MR) is 121 cm³/mol. The lowest BCUT2D eigenvalue weighted by Crippen LogP contribution is -2.48. The third-order valence-corrected chi connectivity index (χ3v) is 6.58. The van der Waals surface area contributed by atoms with Crippen molar-refractivity contribution in [2.45, 2.75) is 36.4 Å². The number of sulfone groups is 1. The molecule has 0 aliphatic carbocycles. The van der Waals surface area contributed by atoms with Crippen molar-refractivity contribution in [1.82, 2.24) is 20.1 Å². The number of halogens is 5. The Morgan fingerprint density at radius 3 is 2.34 bits per heavy atom. The van der Waals surface area contributed by atoms with Crippen molar-refractivity contribution in [1.29, 1.82) is 0 Å². The van der Waals surface area contributed by atoms with Crippen LogP contribution in [-0.4, -0.2) is 47.8 Å². The molecular weight excluding hydrogens is 512 g/mol. The first-order valence-electron chi connectivity index (χ1n) is 10.3. The number of rotatable bonds is 6. The van der Waals surface area contributed by atoms with Crippen LogP contribution in [0.5, 0.6) is 0 Å². The van der Waals surface area contributed by atoms with Gasteiger partial charge in [0.1, 0.15) is 17.3 Å². The minimum atomic E-state index is -4.48. The monoisotopic (exact) mass is 532 g/mol. The highest BCUT2D eigenvalue weighted by atomic mass is 35.5. The third-order valence-electron chi connectivity index (χ3n) is 5.14. The van der Waals surface area contributed by atoms with Crippen LogP contribution >= 0.6 is 11.6 Å². The molecule has 0 radical (unpaired) electrons. The van der Waals surface area contributed by atoms with Crippen molar-refractivity contribution in [2.24, 2.45) is 0 Å². The molecule has 2 aromatic heterocycles. The summed E-state index contributed by atoms with van der Waals surface area (Å²) < 4.78 is 72.8. The summed E-state index contributed by atoms with van der Waals surface area (Å²) in [5.41, 5.74) is 0.0655. The van der Waals surface area contributed by atoms with Gasteiger partial charge in [0.2, 0.25) is 0 Å². The highest BCUT2D eigenvalue weighted by molar-refractivity contribution is 7.90. The highest BCUT2D eigenvalue weighted by Crippen LogP contribution is 2.28. The fourth-order valence-corrected chi connectivity index (χ4v) is 3.91. The molecule has 188 valence electrons. The second-order valence-corrected chi connectivity index (χ2v) is 10.2. The molecule has 1 N–H and O–H groups in total. The van der Waals surface area contributed by atoms with Gasteiger partial charge in [-0.25, -0.2) is 22.5 Å². The van der Waals surface area contributed by atoms with Gasteiger partial charge in [0.25, 0.3) is 0 Å². The van der Waals surface area contributed by atoms with Crippen molar-refractivity contribution >= 4 is 27.2 Å². The van der Waals surface area contributed by atoms with Crippen molar-refractivity contribution in [2.75, 3.05) is 12.8 Å². The van der Waals surface area contributed by atoms with Crippen LogP contribution in [0.15, 0.2) is 53.7 Å². The Labute approximate surface area is 204 Å². The van der Waals surface area contributed by atoms with Gasteiger partial charge in [0.15, 0.2) is 15.0 Å². The van der Waals surface area contributed by atoms with E-state index in [9.17, 15) is 30.8 Å². The molecule has 7 nitrogen and oxygen atoms in total. The van der Waals surface area contributed by atoms with E-state index in [1.54, 1.807) is 6.20 Å². The van der Waals surface area contributed by atoms with E-state index in [2.05, 4.69) is 15.4 Å². The Morgan fingerprint density at radius 1 is 1.20 bits per heavy atom. The van der Waals surface area contributed by atoms with Gasteiger partial charge in [-0.05, 0) is 55.8 Å². The minimum Gasteiger partial charge on any atom is -0.307 e. The largest absolute Gasteiger partial charge is 0.433 e. The first-order chi connectivity index (χ1) is 16.3. The molecule has 35 heavy (non-hydrogen) atoms. The van der Waals surface area contributed by atoms with Crippen LogP contribution in [0.4, 0.5) is 17.6 Å². The molecule has 1 aromatic carbocycles. The summed E-state index contributed by atoms with van der Waals surface area (Å²) in [5, 5.41) is 7.33. The number of alkyl halides is 3. The Bertz CT molecular complexity index is 1270. The molecule has 1 fully saturated rings. The Morgan fingerprint density at radius 2 is 1.86 bits per heavy atom. The van der Waals surface area contributed by atoms with Gasteiger partial charge in [-0.3, -0.25) is 4.79 Å². The summed E-state index contributed by atoms with van der Waals surface area (Å²) in [4.78, 5) is 15.4. The lowest BCUT2D eigenvalue weighted by molar-refractivity contribution is -0.141. The second-order valence-electron chi connectivity index (χ2n) is 7.78. The summed E-state index contributed by atoms with van der Waals surface area (Å²) >= 11 is 6.05. The van der Waals surface area contributed by atoms with Gasteiger partial charge in [0, 0.05) is 24.4 Å². The van der Waals surface area contributed by atoms with Crippen molar-refractivity contribution < 1.29 is 30.8 Å². The molecule has 3 aromatic rings. The number of ketones is 1. The Kier molecular flexibility index (Phi) is 8.29. The van der Waals surface area contributed by atoms with Gasteiger partial charge in [0.05, 0.1) is 22.8 Å². The van der Waals surface area contributed by atoms with E-state index < -0.39 is 27.5 Å². The number of aryl methyl sites for hydroxylation is 1. The number of pyridine rings is 1. The number of nitrogens with zero attached hydrogens (tertiary/aromatic N) is 3. The molecule has 0 bridgehead atoms. The average molecular weight is 533 g/mol. The number of Topliss-reactive ketones (excluding diaryl/α,β-unsaturated/α-hetero) is 1. The van der Waals surface area contributed by atoms with Crippen LogP contribution < -0.4 is 5.32 Å². The van der Waals surface area contributed by atoms with E-state index in [4.69, 9.17) is 11.6 Å². The van der Waals surface area contributed by atoms with Crippen LogP contribution in [0.25, 0.3) is 5.69 Å². The molecule has 13 heteroatoms. The van der Waals surface area contributed by atoms with E-state index in [1.165, 1.54) is 22.9 Å². The van der Waals surface area contributed by atoms with Gasteiger partial charge in [-0.15, -0.1) is 0 Å². The maximum atomic E-state index is 12.5. The molecule has 1 aliphatic heterocycles. The summed E-state index contributed by atoms with van der Waals surface area (Å²) in [6.07, 6.45) is 0.913. The minimum absolute atomic E-state index is 0.0714. The van der Waals surface area contributed by atoms with Gasteiger partial charge < -0.3 is 5.32 Å². The fraction of sp³-hybridized carbons (Fsp3) is 0.318. The van der Waals surface area contributed by atoms with E-state index >= 15 is 0 Å². The molecule has 0 unspecified atom stereocenters. The Hall–Kier alpha value is -2.83. The number of aromatic nitrogens is 3. The zero-order valence-corrected chi connectivity index (χ0v) is 20.0. The number of carbonyl (C=O) groups is 1. The SMILES string of the molecule is CS(=O)(=O)c1ccc(F)cc1.O=C(CCc1cn(-c2ccc(C(F)(F)F)nc2)nc1Cl)[C@@H]1CCN1. The number of nitrogens with one attached hydrogen (secondary N) is 1. The molecular formula is C22H21ClF4N4O3S. The van der Waals surface area contributed by atoms with Crippen LogP contribution in [0, 0.1) is 5.82 Å². The first kappa shape index (κ1) is 26.8. The lowest BCUT2D eigenvalue weighted by atomic mass is 9.98. The highest BCUT2D eigenvalue weighted by Gasteiger charge is 2.32. The molecule has 4 rings (SSSR count). The van der Waals surface area contributed by atoms with Gasteiger partial charge >= 0.3 is 6.18 Å². The molecule has 1 atom stereocenters. The molecule has 0 amide bonds. The van der Waals surface area contributed by atoms with E-state index in [0.717, 1.165) is 43.6 Å². The number of hydrogen-bond donors (Lipinski definition) is 1. The second kappa shape index (κ2) is 10.8. The molecule has 3 heterocycles. The van der Waals surface area contributed by atoms with E-state index in [-0.39, 0.29) is 21.9 Å². The number of hydrogen-bond acceptors (Lipinski definition) is 6. The first-order valence-corrected chi connectivity index (χ1v) is 12.6. The lowest BCUT2D eigenvalue weighted by Gasteiger charge is -2.25. The third kappa shape index (κ3) is 7.33. The van der Waals surface area contributed by atoms with E-state index in [0.29, 0.717) is 24.1 Å². The summed E-state index contributed by atoms with van der Waals surface area (Å²) in [5.74, 6) is -0.307. The predicted octanol–water partition coefficient (Wildman–Crippen LogP) is 4.03. The summed E-state index contributed by atoms with van der Waals surface area (Å²) in [7, 11) is -3.19. The van der Waals surface area contributed by atoms with E-state index in [1.807, 2.05) is 0 Å². The van der Waals surface area contributed by atoms with Gasteiger partial charge in [-0.2, -0.15) is 18.3 Å².